The Morgan fingerprint density at radius 1 is 1.33 bits per heavy atom. The van der Waals surface area contributed by atoms with Gasteiger partial charge >= 0.3 is 5.97 Å². The molecule has 0 aliphatic heterocycles. The zero-order valence-electron chi connectivity index (χ0n) is 10.00. The molecule has 0 bridgehead atoms. The fraction of sp³-hybridized carbons (Fsp3) is 0.333. The summed E-state index contributed by atoms with van der Waals surface area (Å²) < 4.78 is 0.759. The predicted octanol–water partition coefficient (Wildman–Crippen LogP) is 1.37. The maximum Gasteiger partial charge on any atom is 0.335 e. The molecule has 0 unspecified atom stereocenters. The van der Waals surface area contributed by atoms with E-state index in [0.717, 1.165) is 10.0 Å². The van der Waals surface area contributed by atoms with E-state index in [4.69, 9.17) is 5.11 Å². The first kappa shape index (κ1) is 14.7. The molecule has 18 heavy (non-hydrogen) atoms. The van der Waals surface area contributed by atoms with Crippen molar-refractivity contribution in [2.45, 2.75) is 13.5 Å². The molecule has 1 rings (SSSR count). The summed E-state index contributed by atoms with van der Waals surface area (Å²) in [5.41, 5.74) is 1.23. The van der Waals surface area contributed by atoms with Crippen LogP contribution in [0.25, 0.3) is 0 Å². The van der Waals surface area contributed by atoms with Crippen molar-refractivity contribution in [1.29, 1.82) is 0 Å². The summed E-state index contributed by atoms with van der Waals surface area (Å²) in [5, 5.41) is 14.7. The van der Waals surface area contributed by atoms with Gasteiger partial charge in [-0.1, -0.05) is 22.0 Å². The Balaban J connectivity index is 2.43. The van der Waals surface area contributed by atoms with Gasteiger partial charge in [0, 0.05) is 31.0 Å². The van der Waals surface area contributed by atoms with E-state index >= 15 is 0 Å². The quantitative estimate of drug-likeness (QED) is 0.693. The molecule has 0 saturated carbocycles. The Kier molecular flexibility index (Phi) is 5.80. The van der Waals surface area contributed by atoms with Crippen molar-refractivity contribution in [2.24, 2.45) is 0 Å². The standard InChI is InChI=1S/C12H15BrN2O3/c1-8(16)15-5-4-14-7-10-3-2-9(12(17)18)6-11(10)13/h2-3,6,14H,4-5,7H2,1H3,(H,15,16)(H,17,18). The van der Waals surface area contributed by atoms with Crippen molar-refractivity contribution < 1.29 is 14.7 Å². The number of carboxylic acid groups (broad SMARTS) is 1. The molecular weight excluding hydrogens is 300 g/mol. The number of amides is 1. The molecule has 0 spiro atoms. The molecule has 0 radical (unpaired) electrons. The van der Waals surface area contributed by atoms with E-state index < -0.39 is 5.97 Å². The summed E-state index contributed by atoms with van der Waals surface area (Å²) in [6, 6.07) is 4.91. The van der Waals surface area contributed by atoms with Crippen LogP contribution in [0.3, 0.4) is 0 Å². The van der Waals surface area contributed by atoms with Gasteiger partial charge in [0.1, 0.15) is 0 Å². The summed E-state index contributed by atoms with van der Waals surface area (Å²) in [6.07, 6.45) is 0. The van der Waals surface area contributed by atoms with Crippen LogP contribution in [0, 0.1) is 0 Å². The molecule has 1 aromatic rings. The summed E-state index contributed by atoms with van der Waals surface area (Å²) in [7, 11) is 0. The summed E-state index contributed by atoms with van der Waals surface area (Å²) >= 11 is 3.33. The molecule has 0 saturated heterocycles. The number of carbonyl (C=O) groups excluding carboxylic acids is 1. The van der Waals surface area contributed by atoms with Crippen molar-refractivity contribution in [3.05, 3.63) is 33.8 Å². The Morgan fingerprint density at radius 2 is 2.06 bits per heavy atom. The molecule has 1 amide bonds. The first-order valence-electron chi connectivity index (χ1n) is 5.47. The van der Waals surface area contributed by atoms with Gasteiger partial charge in [0.15, 0.2) is 0 Å². The maximum absolute atomic E-state index is 10.8. The molecule has 0 aromatic heterocycles. The molecule has 0 heterocycles. The molecule has 5 nitrogen and oxygen atoms in total. The lowest BCUT2D eigenvalue weighted by Gasteiger charge is -2.08. The van der Waals surface area contributed by atoms with Gasteiger partial charge in [-0.15, -0.1) is 0 Å². The van der Waals surface area contributed by atoms with E-state index in [-0.39, 0.29) is 11.5 Å². The monoisotopic (exact) mass is 314 g/mol. The van der Waals surface area contributed by atoms with Crippen LogP contribution < -0.4 is 10.6 Å². The van der Waals surface area contributed by atoms with E-state index in [1.54, 1.807) is 18.2 Å². The fourth-order valence-corrected chi connectivity index (χ4v) is 1.89. The topological polar surface area (TPSA) is 78.4 Å². The number of rotatable bonds is 6. The van der Waals surface area contributed by atoms with Crippen molar-refractivity contribution in [1.82, 2.24) is 10.6 Å². The normalized spacial score (nSPS) is 10.1. The number of carbonyl (C=O) groups is 2. The zero-order chi connectivity index (χ0) is 13.5. The highest BCUT2D eigenvalue weighted by atomic mass is 79.9. The Bertz CT molecular complexity index is 449. The SMILES string of the molecule is CC(=O)NCCNCc1ccc(C(=O)O)cc1Br. The van der Waals surface area contributed by atoms with Gasteiger partial charge in [-0.3, -0.25) is 4.79 Å². The predicted molar refractivity (Wildman–Crippen MR) is 71.5 cm³/mol. The number of nitrogens with one attached hydrogen (secondary N) is 2. The Morgan fingerprint density at radius 3 is 2.61 bits per heavy atom. The van der Waals surface area contributed by atoms with E-state index in [9.17, 15) is 9.59 Å². The zero-order valence-corrected chi connectivity index (χ0v) is 11.6. The Hall–Kier alpha value is -1.40. The lowest BCUT2D eigenvalue weighted by Crippen LogP contribution is -2.29. The lowest BCUT2D eigenvalue weighted by atomic mass is 10.1. The number of carboxylic acids is 1. The largest absolute Gasteiger partial charge is 0.478 e. The molecule has 0 atom stereocenters. The van der Waals surface area contributed by atoms with E-state index in [0.29, 0.717) is 19.6 Å². The van der Waals surface area contributed by atoms with Crippen LogP contribution in [0.4, 0.5) is 0 Å². The van der Waals surface area contributed by atoms with E-state index in [1.165, 1.54) is 6.92 Å². The first-order valence-corrected chi connectivity index (χ1v) is 6.27. The molecule has 6 heteroatoms. The summed E-state index contributed by atoms with van der Waals surface area (Å²) in [6.45, 7) is 3.31. The molecule has 0 aliphatic carbocycles. The Labute approximate surface area is 114 Å². The third-order valence-electron chi connectivity index (χ3n) is 2.29. The first-order chi connectivity index (χ1) is 8.50. The van der Waals surface area contributed by atoms with Crippen molar-refractivity contribution in [3.63, 3.8) is 0 Å². The second kappa shape index (κ2) is 7.13. The van der Waals surface area contributed by atoms with Gasteiger partial charge < -0.3 is 15.7 Å². The summed E-state index contributed by atoms with van der Waals surface area (Å²) in [5.74, 6) is -0.996. The maximum atomic E-state index is 10.8. The van der Waals surface area contributed by atoms with Gasteiger partial charge in [0.05, 0.1) is 5.56 Å². The third-order valence-corrected chi connectivity index (χ3v) is 3.03. The van der Waals surface area contributed by atoms with Crippen LogP contribution in [0.2, 0.25) is 0 Å². The average Bonchev–Trinajstić information content (AvgIpc) is 2.29. The summed E-state index contributed by atoms with van der Waals surface area (Å²) in [4.78, 5) is 21.4. The van der Waals surface area contributed by atoms with Gasteiger partial charge in [-0.05, 0) is 17.7 Å². The smallest absolute Gasteiger partial charge is 0.335 e. The van der Waals surface area contributed by atoms with E-state index in [2.05, 4.69) is 26.6 Å². The average molecular weight is 315 g/mol. The van der Waals surface area contributed by atoms with Crippen molar-refractivity contribution in [2.75, 3.05) is 13.1 Å². The second-order valence-electron chi connectivity index (χ2n) is 3.77. The third kappa shape index (κ3) is 4.85. The highest BCUT2D eigenvalue weighted by molar-refractivity contribution is 9.10. The highest BCUT2D eigenvalue weighted by Crippen LogP contribution is 2.18. The molecule has 98 valence electrons. The van der Waals surface area contributed by atoms with Crippen LogP contribution in [-0.4, -0.2) is 30.1 Å². The fourth-order valence-electron chi connectivity index (χ4n) is 1.37. The number of aromatic carboxylic acids is 1. The number of halogens is 1. The lowest BCUT2D eigenvalue weighted by molar-refractivity contribution is -0.118. The van der Waals surface area contributed by atoms with Crippen LogP contribution in [-0.2, 0) is 11.3 Å². The number of benzene rings is 1. The van der Waals surface area contributed by atoms with Gasteiger partial charge in [-0.2, -0.15) is 0 Å². The number of hydrogen-bond donors (Lipinski definition) is 3. The highest BCUT2D eigenvalue weighted by Gasteiger charge is 2.06. The van der Waals surface area contributed by atoms with Gasteiger partial charge in [-0.25, -0.2) is 4.79 Å². The molecule has 3 N–H and O–H groups in total. The van der Waals surface area contributed by atoms with Crippen LogP contribution >= 0.6 is 15.9 Å². The van der Waals surface area contributed by atoms with Crippen LogP contribution in [0.15, 0.2) is 22.7 Å². The second-order valence-corrected chi connectivity index (χ2v) is 4.63. The molecule has 0 aliphatic rings. The minimum Gasteiger partial charge on any atom is -0.478 e. The number of hydrogen-bond acceptors (Lipinski definition) is 3. The minimum absolute atomic E-state index is 0.0520. The molecule has 1 aromatic carbocycles. The minimum atomic E-state index is -0.944. The van der Waals surface area contributed by atoms with E-state index in [1.807, 2.05) is 0 Å². The van der Waals surface area contributed by atoms with Gasteiger partial charge in [0.2, 0.25) is 5.91 Å². The molecular formula is C12H15BrN2O3. The van der Waals surface area contributed by atoms with Gasteiger partial charge in [0.25, 0.3) is 0 Å². The van der Waals surface area contributed by atoms with Crippen LogP contribution in [0.1, 0.15) is 22.8 Å². The molecule has 0 fully saturated rings. The van der Waals surface area contributed by atoms with Crippen LogP contribution in [0.5, 0.6) is 0 Å². The van der Waals surface area contributed by atoms with Crippen molar-refractivity contribution in [3.8, 4) is 0 Å². The van der Waals surface area contributed by atoms with Crippen molar-refractivity contribution >= 4 is 27.8 Å².